The van der Waals surface area contributed by atoms with Crippen LogP contribution < -0.4 is 10.9 Å². The van der Waals surface area contributed by atoms with Crippen LogP contribution in [0, 0.1) is 6.92 Å². The number of carbonyl (C=O) groups is 1. The van der Waals surface area contributed by atoms with Crippen LogP contribution in [0.5, 0.6) is 0 Å². The van der Waals surface area contributed by atoms with E-state index in [-0.39, 0.29) is 12.1 Å². The molecule has 3 rings (SSSR count). The predicted octanol–water partition coefficient (Wildman–Crippen LogP) is 3.11. The Balaban J connectivity index is 1.69. The van der Waals surface area contributed by atoms with Crippen molar-refractivity contribution in [3.63, 3.8) is 0 Å². The first-order valence-electron chi connectivity index (χ1n) is 9.44. The standard InChI is InChI=1S/C22H26N2O4/c1-14-12-16(9-8-15-13-24-18-7-5-4-6-17(15)18)28-21(26)19(14)20(25)23-11-10-22(2,3)27/h4-7,12-13,24,27H,8-11H2,1-3H3,(H,23,25). The van der Waals surface area contributed by atoms with Crippen LogP contribution in [0.25, 0.3) is 10.9 Å². The molecule has 28 heavy (non-hydrogen) atoms. The lowest BCUT2D eigenvalue weighted by atomic mass is 10.0. The molecule has 6 nitrogen and oxygen atoms in total. The Morgan fingerprint density at radius 2 is 2.00 bits per heavy atom. The summed E-state index contributed by atoms with van der Waals surface area (Å²) >= 11 is 0. The van der Waals surface area contributed by atoms with Gasteiger partial charge in [0.25, 0.3) is 5.91 Å². The zero-order valence-corrected chi connectivity index (χ0v) is 16.5. The highest BCUT2D eigenvalue weighted by atomic mass is 16.4. The lowest BCUT2D eigenvalue weighted by Crippen LogP contribution is -2.33. The molecule has 0 aliphatic rings. The van der Waals surface area contributed by atoms with Gasteiger partial charge in [0.1, 0.15) is 11.3 Å². The number of carbonyl (C=O) groups excluding carboxylic acids is 1. The van der Waals surface area contributed by atoms with Crippen LogP contribution in [0.3, 0.4) is 0 Å². The number of H-pyrrole nitrogens is 1. The lowest BCUT2D eigenvalue weighted by molar-refractivity contribution is 0.0692. The molecule has 0 atom stereocenters. The zero-order valence-electron chi connectivity index (χ0n) is 16.5. The second kappa shape index (κ2) is 8.02. The van der Waals surface area contributed by atoms with E-state index >= 15 is 0 Å². The van der Waals surface area contributed by atoms with Gasteiger partial charge in [-0.3, -0.25) is 4.79 Å². The Bertz CT molecular complexity index is 1040. The molecule has 3 N–H and O–H groups in total. The molecule has 0 fully saturated rings. The number of para-hydroxylation sites is 1. The molecular weight excluding hydrogens is 356 g/mol. The fourth-order valence-corrected chi connectivity index (χ4v) is 3.24. The van der Waals surface area contributed by atoms with Gasteiger partial charge in [-0.1, -0.05) is 18.2 Å². The molecule has 1 aromatic carbocycles. The maximum absolute atomic E-state index is 12.4. The first kappa shape index (κ1) is 19.9. The second-order valence-electron chi connectivity index (χ2n) is 7.74. The number of aromatic amines is 1. The molecule has 0 radical (unpaired) electrons. The van der Waals surface area contributed by atoms with Crippen molar-refractivity contribution in [3.05, 3.63) is 69.4 Å². The van der Waals surface area contributed by atoms with Gasteiger partial charge in [-0.05, 0) is 56.9 Å². The summed E-state index contributed by atoms with van der Waals surface area (Å²) in [6.07, 6.45) is 3.66. The number of aryl methyl sites for hydroxylation is 3. The highest BCUT2D eigenvalue weighted by molar-refractivity contribution is 5.95. The third-order valence-corrected chi connectivity index (χ3v) is 4.76. The number of amides is 1. The molecule has 3 aromatic rings. The van der Waals surface area contributed by atoms with Crippen LogP contribution in [0.15, 0.2) is 45.7 Å². The van der Waals surface area contributed by atoms with Gasteiger partial charge < -0.3 is 19.8 Å². The van der Waals surface area contributed by atoms with Gasteiger partial charge in [0.2, 0.25) is 0 Å². The summed E-state index contributed by atoms with van der Waals surface area (Å²) in [5.41, 5.74) is 1.34. The molecule has 0 bridgehead atoms. The highest BCUT2D eigenvalue weighted by Gasteiger charge is 2.18. The molecule has 0 saturated carbocycles. The zero-order chi connectivity index (χ0) is 20.3. The van der Waals surface area contributed by atoms with E-state index < -0.39 is 17.1 Å². The highest BCUT2D eigenvalue weighted by Crippen LogP contribution is 2.19. The number of nitrogens with one attached hydrogen (secondary N) is 2. The van der Waals surface area contributed by atoms with Crippen molar-refractivity contribution in [2.75, 3.05) is 6.54 Å². The van der Waals surface area contributed by atoms with Gasteiger partial charge in [0, 0.05) is 30.1 Å². The number of rotatable bonds is 7. The Labute approximate surface area is 163 Å². The van der Waals surface area contributed by atoms with Crippen molar-refractivity contribution in [1.82, 2.24) is 10.3 Å². The molecule has 0 unspecified atom stereocenters. The SMILES string of the molecule is Cc1cc(CCc2c[nH]c3ccccc23)oc(=O)c1C(=O)NCCC(C)(C)O. The van der Waals surface area contributed by atoms with Crippen molar-refractivity contribution >= 4 is 16.8 Å². The Morgan fingerprint density at radius 3 is 2.71 bits per heavy atom. The molecule has 0 spiro atoms. The fourth-order valence-electron chi connectivity index (χ4n) is 3.24. The van der Waals surface area contributed by atoms with Crippen LogP contribution in [0.4, 0.5) is 0 Å². The summed E-state index contributed by atoms with van der Waals surface area (Å²) < 4.78 is 5.39. The van der Waals surface area contributed by atoms with E-state index in [4.69, 9.17) is 4.42 Å². The van der Waals surface area contributed by atoms with Gasteiger partial charge in [-0.15, -0.1) is 0 Å². The topological polar surface area (TPSA) is 95.3 Å². The van der Waals surface area contributed by atoms with E-state index in [0.717, 1.165) is 22.9 Å². The molecule has 2 aromatic heterocycles. The third kappa shape index (κ3) is 4.70. The molecular formula is C22H26N2O4. The van der Waals surface area contributed by atoms with E-state index in [1.165, 1.54) is 0 Å². The minimum Gasteiger partial charge on any atom is -0.427 e. The number of aromatic nitrogens is 1. The number of benzene rings is 1. The predicted molar refractivity (Wildman–Crippen MR) is 109 cm³/mol. The van der Waals surface area contributed by atoms with Crippen molar-refractivity contribution < 1.29 is 14.3 Å². The van der Waals surface area contributed by atoms with Crippen LogP contribution in [0.2, 0.25) is 0 Å². The summed E-state index contributed by atoms with van der Waals surface area (Å²) in [4.78, 5) is 27.9. The fraction of sp³-hybridized carbons (Fsp3) is 0.364. The van der Waals surface area contributed by atoms with Crippen LogP contribution in [-0.2, 0) is 12.8 Å². The maximum Gasteiger partial charge on any atom is 0.349 e. The van der Waals surface area contributed by atoms with E-state index in [9.17, 15) is 14.7 Å². The second-order valence-corrected chi connectivity index (χ2v) is 7.74. The van der Waals surface area contributed by atoms with Gasteiger partial charge in [-0.25, -0.2) is 4.79 Å². The largest absolute Gasteiger partial charge is 0.427 e. The molecule has 148 valence electrons. The first-order chi connectivity index (χ1) is 13.2. The average molecular weight is 382 g/mol. The number of hydrogen-bond donors (Lipinski definition) is 3. The van der Waals surface area contributed by atoms with E-state index in [2.05, 4.69) is 16.4 Å². The summed E-state index contributed by atoms with van der Waals surface area (Å²) in [5, 5.41) is 13.5. The van der Waals surface area contributed by atoms with Crippen molar-refractivity contribution in [2.24, 2.45) is 0 Å². The van der Waals surface area contributed by atoms with Crippen molar-refractivity contribution in [2.45, 2.75) is 45.6 Å². The van der Waals surface area contributed by atoms with Crippen molar-refractivity contribution in [1.29, 1.82) is 0 Å². The van der Waals surface area contributed by atoms with Gasteiger partial charge in [0.05, 0.1) is 5.60 Å². The van der Waals surface area contributed by atoms with E-state index in [0.29, 0.717) is 24.2 Å². The minimum absolute atomic E-state index is 0.0200. The van der Waals surface area contributed by atoms with E-state index in [1.807, 2.05) is 24.4 Å². The minimum atomic E-state index is -0.876. The van der Waals surface area contributed by atoms with Crippen LogP contribution in [0.1, 0.15) is 47.5 Å². The Kier molecular flexibility index (Phi) is 5.70. The Hall–Kier alpha value is -2.86. The summed E-state index contributed by atoms with van der Waals surface area (Å²) in [7, 11) is 0. The van der Waals surface area contributed by atoms with E-state index in [1.54, 1.807) is 26.8 Å². The Morgan fingerprint density at radius 1 is 1.25 bits per heavy atom. The van der Waals surface area contributed by atoms with Gasteiger partial charge in [0.15, 0.2) is 0 Å². The summed E-state index contributed by atoms with van der Waals surface area (Å²) in [6, 6.07) is 9.81. The lowest BCUT2D eigenvalue weighted by Gasteiger charge is -2.17. The smallest absolute Gasteiger partial charge is 0.349 e. The summed E-state index contributed by atoms with van der Waals surface area (Å²) in [5.74, 6) is 0.0829. The first-order valence-corrected chi connectivity index (χ1v) is 9.44. The van der Waals surface area contributed by atoms with Crippen LogP contribution in [-0.4, -0.2) is 28.1 Å². The third-order valence-electron chi connectivity index (χ3n) is 4.76. The average Bonchev–Trinajstić information content (AvgIpc) is 3.01. The molecule has 0 aliphatic carbocycles. The van der Waals surface area contributed by atoms with Crippen LogP contribution >= 0.6 is 0 Å². The molecule has 6 heteroatoms. The monoisotopic (exact) mass is 382 g/mol. The number of aliphatic hydroxyl groups is 1. The maximum atomic E-state index is 12.4. The van der Waals surface area contributed by atoms with Gasteiger partial charge >= 0.3 is 5.63 Å². The molecule has 1 amide bonds. The molecule has 0 saturated heterocycles. The normalized spacial score (nSPS) is 11.7. The molecule has 2 heterocycles. The number of hydrogen-bond acceptors (Lipinski definition) is 4. The molecule has 0 aliphatic heterocycles. The number of fused-ring (bicyclic) bond motifs is 1. The van der Waals surface area contributed by atoms with Gasteiger partial charge in [-0.2, -0.15) is 0 Å². The van der Waals surface area contributed by atoms with Crippen molar-refractivity contribution in [3.8, 4) is 0 Å². The quantitative estimate of drug-likeness (QED) is 0.585. The summed E-state index contributed by atoms with van der Waals surface area (Å²) in [6.45, 7) is 5.35.